The van der Waals surface area contributed by atoms with Gasteiger partial charge in [-0.2, -0.15) is 0 Å². The van der Waals surface area contributed by atoms with Gasteiger partial charge in [0.25, 0.3) is 0 Å². The molecule has 0 bridgehead atoms. The van der Waals surface area contributed by atoms with Crippen LogP contribution in [0, 0.1) is 0 Å². The highest BCUT2D eigenvalue weighted by Gasteiger charge is 2.24. The van der Waals surface area contributed by atoms with E-state index < -0.39 is 0 Å². The van der Waals surface area contributed by atoms with Crippen LogP contribution >= 0.6 is 0 Å². The lowest BCUT2D eigenvalue weighted by Gasteiger charge is -2.16. The van der Waals surface area contributed by atoms with Crippen LogP contribution in [0.5, 0.6) is 0 Å². The molecular formula is C15H17N3O. The second kappa shape index (κ2) is 5.36. The molecule has 19 heavy (non-hydrogen) atoms. The van der Waals surface area contributed by atoms with Crippen molar-refractivity contribution in [1.82, 2.24) is 14.5 Å². The third-order valence-corrected chi connectivity index (χ3v) is 3.63. The van der Waals surface area contributed by atoms with Gasteiger partial charge in [0.2, 0.25) is 0 Å². The van der Waals surface area contributed by atoms with Gasteiger partial charge < -0.3 is 0 Å². The molecule has 4 heteroatoms. The lowest BCUT2D eigenvalue weighted by molar-refractivity contribution is 0.314. The quantitative estimate of drug-likeness (QED) is 0.837. The minimum absolute atomic E-state index is 0.144. The van der Waals surface area contributed by atoms with Gasteiger partial charge in [0.1, 0.15) is 0 Å². The van der Waals surface area contributed by atoms with Crippen molar-refractivity contribution in [2.75, 3.05) is 13.1 Å². The Morgan fingerprint density at radius 1 is 1.21 bits per heavy atom. The van der Waals surface area contributed by atoms with Crippen molar-refractivity contribution >= 4 is 0 Å². The first-order valence-electron chi connectivity index (χ1n) is 6.62. The third-order valence-electron chi connectivity index (χ3n) is 3.63. The number of hydrogen-bond acceptors (Lipinski definition) is 3. The molecule has 1 saturated heterocycles. The number of likely N-dealkylation sites (tertiary alicyclic amines) is 1. The summed E-state index contributed by atoms with van der Waals surface area (Å²) in [6, 6.07) is 12.5. The highest BCUT2D eigenvalue weighted by molar-refractivity contribution is 5.14. The van der Waals surface area contributed by atoms with Gasteiger partial charge in [-0.15, -0.1) is 0 Å². The highest BCUT2D eigenvalue weighted by atomic mass is 16.1. The molecule has 0 N–H and O–H groups in total. The number of hydrogen-bond donors (Lipinski definition) is 0. The Labute approximate surface area is 112 Å². The van der Waals surface area contributed by atoms with E-state index in [9.17, 15) is 4.79 Å². The van der Waals surface area contributed by atoms with E-state index in [4.69, 9.17) is 0 Å². The fourth-order valence-corrected chi connectivity index (χ4v) is 2.67. The highest BCUT2D eigenvalue weighted by Crippen LogP contribution is 2.21. The number of aromatic nitrogens is 2. The first-order valence-corrected chi connectivity index (χ1v) is 6.62. The molecule has 0 amide bonds. The zero-order valence-corrected chi connectivity index (χ0v) is 10.8. The maximum atomic E-state index is 11.7. The Kier molecular flexibility index (Phi) is 3.42. The third kappa shape index (κ3) is 2.74. The van der Waals surface area contributed by atoms with Crippen LogP contribution in [0.15, 0.2) is 53.6 Å². The zero-order chi connectivity index (χ0) is 13.1. The van der Waals surface area contributed by atoms with Crippen LogP contribution in [-0.4, -0.2) is 27.5 Å². The number of rotatable bonds is 3. The molecule has 1 aromatic carbocycles. The molecule has 0 unspecified atom stereocenters. The predicted molar refractivity (Wildman–Crippen MR) is 73.9 cm³/mol. The summed E-state index contributed by atoms with van der Waals surface area (Å²) in [5.74, 6) is 0. The molecule has 1 fully saturated rings. The van der Waals surface area contributed by atoms with Gasteiger partial charge in [-0.3, -0.25) is 9.47 Å². The van der Waals surface area contributed by atoms with Gasteiger partial charge in [0, 0.05) is 32.0 Å². The molecule has 1 aromatic heterocycles. The van der Waals surface area contributed by atoms with Gasteiger partial charge in [-0.25, -0.2) is 9.78 Å². The molecule has 3 rings (SSSR count). The lowest BCUT2D eigenvalue weighted by atomic mass is 10.2. The second-order valence-electron chi connectivity index (χ2n) is 4.97. The Morgan fingerprint density at radius 3 is 2.84 bits per heavy atom. The first kappa shape index (κ1) is 12.1. The molecule has 0 saturated carbocycles. The molecule has 0 aliphatic carbocycles. The molecule has 0 radical (unpaired) electrons. The molecule has 2 heterocycles. The van der Waals surface area contributed by atoms with Crippen LogP contribution in [0.3, 0.4) is 0 Å². The summed E-state index contributed by atoms with van der Waals surface area (Å²) in [4.78, 5) is 17.9. The van der Waals surface area contributed by atoms with Crippen LogP contribution in [0.4, 0.5) is 0 Å². The number of nitrogens with zero attached hydrogens (tertiary/aromatic N) is 3. The minimum Gasteiger partial charge on any atom is -0.297 e. The maximum absolute atomic E-state index is 11.7. The molecule has 2 aromatic rings. The second-order valence-corrected chi connectivity index (χ2v) is 4.97. The van der Waals surface area contributed by atoms with E-state index in [1.807, 2.05) is 18.3 Å². The zero-order valence-electron chi connectivity index (χ0n) is 10.8. The molecule has 1 aliphatic heterocycles. The summed E-state index contributed by atoms with van der Waals surface area (Å²) in [5, 5.41) is 0. The van der Waals surface area contributed by atoms with E-state index >= 15 is 0 Å². The molecular weight excluding hydrogens is 238 g/mol. The summed E-state index contributed by atoms with van der Waals surface area (Å²) in [5.41, 5.74) is 1.18. The van der Waals surface area contributed by atoms with Crippen LogP contribution in [-0.2, 0) is 6.54 Å². The standard InChI is InChI=1S/C15H17N3O/c19-15-16-8-4-9-18(15)14-7-10-17(12-14)11-13-5-2-1-3-6-13/h1-6,8-9,14H,7,10-12H2/t14-/m0/s1. The minimum atomic E-state index is -0.144. The average molecular weight is 255 g/mol. The van der Waals surface area contributed by atoms with Crippen molar-refractivity contribution in [3.8, 4) is 0 Å². The molecule has 0 spiro atoms. The summed E-state index contributed by atoms with van der Waals surface area (Å²) in [6.07, 6.45) is 4.40. The summed E-state index contributed by atoms with van der Waals surface area (Å²) in [6.45, 7) is 2.90. The van der Waals surface area contributed by atoms with Crippen molar-refractivity contribution in [3.05, 3.63) is 64.8 Å². The Balaban J connectivity index is 1.68. The summed E-state index contributed by atoms with van der Waals surface area (Å²) < 4.78 is 1.75. The largest absolute Gasteiger partial charge is 0.347 e. The topological polar surface area (TPSA) is 38.1 Å². The fourth-order valence-electron chi connectivity index (χ4n) is 2.67. The van der Waals surface area contributed by atoms with Gasteiger partial charge in [0.05, 0.1) is 6.04 Å². The van der Waals surface area contributed by atoms with E-state index in [1.54, 1.807) is 10.8 Å². The summed E-state index contributed by atoms with van der Waals surface area (Å²) in [7, 11) is 0. The van der Waals surface area contributed by atoms with Gasteiger partial charge in [-0.1, -0.05) is 30.3 Å². The van der Waals surface area contributed by atoms with Crippen molar-refractivity contribution in [3.63, 3.8) is 0 Å². The first-order chi connectivity index (χ1) is 9.33. The Hall–Kier alpha value is -1.94. The molecule has 1 atom stereocenters. The van der Waals surface area contributed by atoms with E-state index in [-0.39, 0.29) is 11.7 Å². The van der Waals surface area contributed by atoms with E-state index in [0.717, 1.165) is 26.1 Å². The maximum Gasteiger partial charge on any atom is 0.347 e. The average Bonchev–Trinajstić information content (AvgIpc) is 2.89. The SMILES string of the molecule is O=c1ncccn1[C@H]1CCN(Cc2ccccc2)C1. The predicted octanol–water partition coefficient (Wildman–Crippen LogP) is 1.69. The van der Waals surface area contributed by atoms with Crippen LogP contribution in [0.2, 0.25) is 0 Å². The van der Waals surface area contributed by atoms with Crippen LogP contribution in [0.1, 0.15) is 18.0 Å². The summed E-state index contributed by atoms with van der Waals surface area (Å²) >= 11 is 0. The van der Waals surface area contributed by atoms with Gasteiger partial charge in [-0.05, 0) is 18.1 Å². The van der Waals surface area contributed by atoms with Crippen molar-refractivity contribution in [2.45, 2.75) is 19.0 Å². The van der Waals surface area contributed by atoms with Gasteiger partial charge in [0.15, 0.2) is 0 Å². The van der Waals surface area contributed by atoms with E-state index in [2.05, 4.69) is 34.1 Å². The van der Waals surface area contributed by atoms with Crippen molar-refractivity contribution < 1.29 is 0 Å². The molecule has 1 aliphatic rings. The number of benzene rings is 1. The Morgan fingerprint density at radius 2 is 2.05 bits per heavy atom. The van der Waals surface area contributed by atoms with Gasteiger partial charge >= 0.3 is 5.69 Å². The molecule has 4 nitrogen and oxygen atoms in total. The van der Waals surface area contributed by atoms with Crippen molar-refractivity contribution in [1.29, 1.82) is 0 Å². The van der Waals surface area contributed by atoms with Crippen LogP contribution < -0.4 is 5.69 Å². The Bertz CT molecular complexity index is 594. The monoisotopic (exact) mass is 255 g/mol. The fraction of sp³-hybridized carbons (Fsp3) is 0.333. The normalized spacial score (nSPS) is 19.7. The smallest absolute Gasteiger partial charge is 0.297 e. The molecule has 98 valence electrons. The van der Waals surface area contributed by atoms with Crippen LogP contribution in [0.25, 0.3) is 0 Å². The van der Waals surface area contributed by atoms with Crippen molar-refractivity contribution in [2.24, 2.45) is 0 Å². The van der Waals surface area contributed by atoms with E-state index in [1.165, 1.54) is 5.56 Å². The van der Waals surface area contributed by atoms with E-state index in [0.29, 0.717) is 0 Å². The lowest BCUT2D eigenvalue weighted by Crippen LogP contribution is -2.28.